The number of hydrogen-bond donors (Lipinski definition) is 0. The fourth-order valence-electron chi connectivity index (χ4n) is 2.57. The van der Waals surface area contributed by atoms with E-state index in [4.69, 9.17) is 27.6 Å². The molecule has 1 aliphatic heterocycles. The van der Waals surface area contributed by atoms with Crippen molar-refractivity contribution in [1.82, 2.24) is 10.2 Å². The quantitative estimate of drug-likeness (QED) is 0.794. The van der Waals surface area contributed by atoms with Crippen molar-refractivity contribution in [3.8, 4) is 0 Å². The molecule has 0 N–H and O–H groups in total. The molecule has 6 nitrogen and oxygen atoms in total. The van der Waals surface area contributed by atoms with Crippen molar-refractivity contribution in [2.45, 2.75) is 30.7 Å². The Bertz CT molecular complexity index is 830. The summed E-state index contributed by atoms with van der Waals surface area (Å²) in [6, 6.07) is 4.94. The van der Waals surface area contributed by atoms with E-state index < -0.39 is 9.84 Å². The van der Waals surface area contributed by atoms with Gasteiger partial charge in [0.25, 0.3) is 0 Å². The van der Waals surface area contributed by atoms with E-state index in [0.717, 1.165) is 25.9 Å². The lowest BCUT2D eigenvalue weighted by Gasteiger charge is -2.28. The molecule has 0 aliphatic carbocycles. The van der Waals surface area contributed by atoms with Crippen molar-refractivity contribution in [3.63, 3.8) is 0 Å². The lowest BCUT2D eigenvalue weighted by atomic mass is 10.00. The van der Waals surface area contributed by atoms with Crippen molar-refractivity contribution in [1.29, 1.82) is 0 Å². The van der Waals surface area contributed by atoms with Gasteiger partial charge in [0.2, 0.25) is 9.84 Å². The third kappa shape index (κ3) is 3.84. The zero-order chi connectivity index (χ0) is 17.3. The van der Waals surface area contributed by atoms with Gasteiger partial charge in [-0.05, 0) is 36.5 Å². The molecule has 0 saturated carbocycles. The van der Waals surface area contributed by atoms with Crippen molar-refractivity contribution < 1.29 is 12.8 Å². The Labute approximate surface area is 150 Å². The van der Waals surface area contributed by atoms with Crippen LogP contribution in [0.3, 0.4) is 0 Å². The molecule has 0 unspecified atom stereocenters. The van der Waals surface area contributed by atoms with Crippen LogP contribution in [0.1, 0.15) is 25.3 Å². The fourth-order valence-corrected chi connectivity index (χ4v) is 4.00. The smallest absolute Gasteiger partial charge is 0.337 e. The molecule has 2 heterocycles. The lowest BCUT2D eigenvalue weighted by molar-refractivity contribution is 0.386. The Morgan fingerprint density at radius 2 is 1.92 bits per heavy atom. The van der Waals surface area contributed by atoms with Crippen LogP contribution in [0, 0.1) is 5.92 Å². The Morgan fingerprint density at radius 1 is 1.21 bits per heavy atom. The highest BCUT2D eigenvalue weighted by Crippen LogP contribution is 2.26. The first-order chi connectivity index (χ1) is 11.3. The molecule has 130 valence electrons. The number of sulfone groups is 1. The molecule has 1 aromatic heterocycles. The first-order valence-corrected chi connectivity index (χ1v) is 10.0. The Balaban J connectivity index is 1.76. The normalized spacial score (nSPS) is 16.5. The molecule has 2 aromatic rings. The molecule has 24 heavy (non-hydrogen) atoms. The van der Waals surface area contributed by atoms with Crippen LogP contribution in [0.4, 0.5) is 6.01 Å². The highest BCUT2D eigenvalue weighted by molar-refractivity contribution is 7.90. The van der Waals surface area contributed by atoms with Crippen LogP contribution < -0.4 is 4.90 Å². The Kier molecular flexibility index (Phi) is 5.03. The topological polar surface area (TPSA) is 76.3 Å². The first-order valence-electron chi connectivity index (χ1n) is 7.60. The summed E-state index contributed by atoms with van der Waals surface area (Å²) in [5.74, 6) is 0.379. The maximum atomic E-state index is 12.5. The van der Waals surface area contributed by atoms with Gasteiger partial charge in [0.15, 0.2) is 0 Å². The van der Waals surface area contributed by atoms with Gasteiger partial charge in [-0.25, -0.2) is 8.42 Å². The van der Waals surface area contributed by atoms with E-state index in [0.29, 0.717) is 21.5 Å². The summed E-state index contributed by atoms with van der Waals surface area (Å²) >= 11 is 11.8. The lowest BCUT2D eigenvalue weighted by Crippen LogP contribution is -2.32. The molecule has 9 heteroatoms. The van der Waals surface area contributed by atoms with E-state index in [2.05, 4.69) is 17.1 Å². The maximum Gasteiger partial charge on any atom is 0.337 e. The third-order valence-corrected chi connectivity index (χ3v) is 6.21. The van der Waals surface area contributed by atoms with Crippen LogP contribution in [0.5, 0.6) is 0 Å². The van der Waals surface area contributed by atoms with Crippen LogP contribution in [-0.2, 0) is 15.6 Å². The molecule has 0 amide bonds. The summed E-state index contributed by atoms with van der Waals surface area (Å²) in [6.45, 7) is 3.77. The van der Waals surface area contributed by atoms with Crippen LogP contribution in [0.25, 0.3) is 0 Å². The largest absolute Gasteiger partial charge is 0.394 e. The molecule has 1 aliphatic rings. The summed E-state index contributed by atoms with van der Waals surface area (Å²) < 4.78 is 30.3. The second kappa shape index (κ2) is 6.90. The van der Waals surface area contributed by atoms with Crippen LogP contribution in [-0.4, -0.2) is 31.7 Å². The summed E-state index contributed by atoms with van der Waals surface area (Å²) in [5, 5.41) is 7.90. The molecule has 1 fully saturated rings. The van der Waals surface area contributed by atoms with E-state index in [9.17, 15) is 8.42 Å². The molecule has 1 aromatic carbocycles. The Morgan fingerprint density at radius 3 is 2.58 bits per heavy atom. The summed E-state index contributed by atoms with van der Waals surface area (Å²) in [4.78, 5) is 1.92. The van der Waals surface area contributed by atoms with E-state index >= 15 is 0 Å². The van der Waals surface area contributed by atoms with Crippen molar-refractivity contribution in [2.75, 3.05) is 18.0 Å². The van der Waals surface area contributed by atoms with Gasteiger partial charge in [0.1, 0.15) is 0 Å². The number of aromatic nitrogens is 2. The number of benzene rings is 1. The third-order valence-electron chi connectivity index (χ3n) is 4.06. The van der Waals surface area contributed by atoms with Crippen molar-refractivity contribution in [3.05, 3.63) is 33.8 Å². The second-order valence-electron chi connectivity index (χ2n) is 6.03. The van der Waals surface area contributed by atoms with E-state index in [1.165, 1.54) is 6.07 Å². The van der Waals surface area contributed by atoms with Gasteiger partial charge < -0.3 is 9.32 Å². The number of halogens is 2. The van der Waals surface area contributed by atoms with Gasteiger partial charge in [-0.1, -0.05) is 46.4 Å². The average molecular weight is 390 g/mol. The molecule has 0 spiro atoms. The van der Waals surface area contributed by atoms with Crippen molar-refractivity contribution in [2.24, 2.45) is 5.92 Å². The Hall–Kier alpha value is -1.31. The molecule has 0 atom stereocenters. The number of anilines is 1. The summed E-state index contributed by atoms with van der Waals surface area (Å²) in [5.41, 5.74) is 0.510. The van der Waals surface area contributed by atoms with Crippen LogP contribution >= 0.6 is 23.2 Å². The number of rotatable bonds is 4. The van der Waals surface area contributed by atoms with Gasteiger partial charge in [0.05, 0.1) is 15.8 Å². The van der Waals surface area contributed by atoms with Gasteiger partial charge >= 0.3 is 11.2 Å². The minimum Gasteiger partial charge on any atom is -0.394 e. The van der Waals surface area contributed by atoms with Gasteiger partial charge in [-0.2, -0.15) is 0 Å². The van der Waals surface area contributed by atoms with Crippen LogP contribution in [0.2, 0.25) is 10.0 Å². The maximum absolute atomic E-state index is 12.5. The van der Waals surface area contributed by atoms with Crippen molar-refractivity contribution >= 4 is 39.1 Å². The zero-order valence-electron chi connectivity index (χ0n) is 13.1. The van der Waals surface area contributed by atoms with Gasteiger partial charge in [-0.15, -0.1) is 0 Å². The predicted octanol–water partition coefficient (Wildman–Crippen LogP) is 3.59. The molecule has 1 saturated heterocycles. The number of nitrogens with zero attached hydrogens (tertiary/aromatic N) is 3. The monoisotopic (exact) mass is 389 g/mol. The molecule has 0 bridgehead atoms. The zero-order valence-corrected chi connectivity index (χ0v) is 15.4. The SMILES string of the molecule is CC1CCN(c2nnc(S(=O)(=O)Cc3ccc(Cl)c(Cl)c3)o2)CC1. The number of piperidine rings is 1. The molecular formula is C15H17Cl2N3O3S. The average Bonchev–Trinajstić information content (AvgIpc) is 3.02. The number of hydrogen-bond acceptors (Lipinski definition) is 6. The summed E-state index contributed by atoms with van der Waals surface area (Å²) in [7, 11) is -3.74. The molecule has 3 rings (SSSR count). The first kappa shape index (κ1) is 17.5. The minimum atomic E-state index is -3.74. The predicted molar refractivity (Wildman–Crippen MR) is 92.3 cm³/mol. The van der Waals surface area contributed by atoms with E-state index in [1.54, 1.807) is 12.1 Å². The standard InChI is InChI=1S/C15H17Cl2N3O3S/c1-10-4-6-20(7-5-10)14-18-19-15(23-14)24(21,22)9-11-2-3-12(16)13(17)8-11/h2-3,8,10H,4-7,9H2,1H3. The molecule has 0 radical (unpaired) electrons. The highest BCUT2D eigenvalue weighted by atomic mass is 35.5. The van der Waals surface area contributed by atoms with E-state index in [-0.39, 0.29) is 17.0 Å². The minimum absolute atomic E-state index is 0.259. The fraction of sp³-hybridized carbons (Fsp3) is 0.467. The highest BCUT2D eigenvalue weighted by Gasteiger charge is 2.26. The second-order valence-corrected chi connectivity index (χ2v) is 8.71. The van der Waals surface area contributed by atoms with Crippen LogP contribution in [0.15, 0.2) is 27.8 Å². The van der Waals surface area contributed by atoms with Gasteiger partial charge in [-0.3, -0.25) is 0 Å². The van der Waals surface area contributed by atoms with E-state index in [1.807, 2.05) is 4.90 Å². The molecular weight excluding hydrogens is 373 g/mol. The summed E-state index contributed by atoms with van der Waals surface area (Å²) in [6.07, 6.45) is 2.04. The van der Waals surface area contributed by atoms with Gasteiger partial charge in [0, 0.05) is 13.1 Å².